The van der Waals surface area contributed by atoms with Gasteiger partial charge in [0.2, 0.25) is 12.7 Å². The number of carbonyl (C=O) groups is 2. The first-order valence-electron chi connectivity index (χ1n) is 13.0. The largest absolute Gasteiger partial charge is 0.464 e. The average Bonchev–Trinajstić information content (AvgIpc) is 3.69. The summed E-state index contributed by atoms with van der Waals surface area (Å²) in [6.45, 7) is 2.48. The molecule has 5 rings (SSSR count). The summed E-state index contributed by atoms with van der Waals surface area (Å²) in [5.41, 5.74) is -0.306. The van der Waals surface area contributed by atoms with Crippen LogP contribution in [0.1, 0.15) is 45.8 Å². The molecule has 2 aliphatic heterocycles. The fraction of sp³-hybridized carbons (Fsp3) is 0.379. The van der Waals surface area contributed by atoms with Crippen molar-refractivity contribution in [2.24, 2.45) is 0 Å². The van der Waals surface area contributed by atoms with Crippen molar-refractivity contribution >= 4 is 11.8 Å². The number of hydrogen-bond acceptors (Lipinski definition) is 6. The number of alkyl halides is 3. The van der Waals surface area contributed by atoms with Gasteiger partial charge in [0.05, 0.1) is 18.2 Å². The van der Waals surface area contributed by atoms with E-state index in [0.29, 0.717) is 36.0 Å². The Morgan fingerprint density at radius 3 is 2.52 bits per heavy atom. The van der Waals surface area contributed by atoms with Crippen molar-refractivity contribution in [2.75, 3.05) is 26.5 Å². The molecule has 212 valence electrons. The lowest BCUT2D eigenvalue weighted by molar-refractivity contribution is -0.137. The number of ether oxygens (including phenoxy) is 3. The van der Waals surface area contributed by atoms with Crippen LogP contribution < -0.4 is 9.47 Å². The van der Waals surface area contributed by atoms with Crippen LogP contribution in [0.15, 0.2) is 59.0 Å². The molecule has 0 bridgehead atoms. The summed E-state index contributed by atoms with van der Waals surface area (Å²) in [7, 11) is 0. The maximum Gasteiger partial charge on any atom is 0.416 e. The third kappa shape index (κ3) is 6.59. The van der Waals surface area contributed by atoms with Crippen molar-refractivity contribution in [1.29, 1.82) is 0 Å². The Balaban J connectivity index is 1.39. The van der Waals surface area contributed by atoms with Crippen molar-refractivity contribution in [1.82, 2.24) is 9.80 Å². The molecule has 1 atom stereocenters. The van der Waals surface area contributed by atoms with Gasteiger partial charge in [0.15, 0.2) is 11.5 Å². The molecule has 1 fully saturated rings. The number of furan rings is 1. The number of halogens is 3. The summed E-state index contributed by atoms with van der Waals surface area (Å²) < 4.78 is 62.3. The molecule has 3 aromatic rings. The van der Waals surface area contributed by atoms with Crippen LogP contribution in [0.25, 0.3) is 0 Å². The molecule has 0 aliphatic carbocycles. The summed E-state index contributed by atoms with van der Waals surface area (Å²) >= 11 is 0. The van der Waals surface area contributed by atoms with Crippen molar-refractivity contribution in [2.45, 2.75) is 45.1 Å². The molecule has 0 spiro atoms. The van der Waals surface area contributed by atoms with Crippen LogP contribution in [0.4, 0.5) is 13.2 Å². The molecule has 2 aliphatic rings. The number of carbonyl (C=O) groups excluding carboxylic acids is 2. The quantitative estimate of drug-likeness (QED) is 0.360. The van der Waals surface area contributed by atoms with E-state index in [4.69, 9.17) is 18.6 Å². The highest BCUT2D eigenvalue weighted by Gasteiger charge is 2.33. The van der Waals surface area contributed by atoms with Gasteiger partial charge >= 0.3 is 6.18 Å². The van der Waals surface area contributed by atoms with Gasteiger partial charge in [-0.1, -0.05) is 12.1 Å². The number of nitrogens with zero attached hydrogens (tertiary/aromatic N) is 2. The number of aryl methyl sites for hydroxylation is 1. The Bertz CT molecular complexity index is 1370. The van der Waals surface area contributed by atoms with Gasteiger partial charge in [0.1, 0.15) is 18.1 Å². The van der Waals surface area contributed by atoms with Crippen LogP contribution in [0.3, 0.4) is 0 Å². The van der Waals surface area contributed by atoms with E-state index < -0.39 is 23.6 Å². The lowest BCUT2D eigenvalue weighted by Crippen LogP contribution is -2.45. The van der Waals surface area contributed by atoms with Crippen molar-refractivity contribution in [3.8, 4) is 11.5 Å². The number of fused-ring (bicyclic) bond motifs is 1. The first kappa shape index (κ1) is 27.6. The standard InChI is InChI=1S/C29H29F3N2O6/c1-19-7-9-24(40-19)16-33(14-20-8-10-25-26(12-20)39-18-38-25)27(35)17-34(15-23-6-3-11-37-23)28(36)21-4-2-5-22(13-21)29(30,31)32/h2,4-5,7-10,12-13,23H,3,6,11,14-18H2,1H3. The van der Waals surface area contributed by atoms with E-state index in [1.807, 2.05) is 6.07 Å². The minimum atomic E-state index is -4.60. The highest BCUT2D eigenvalue weighted by atomic mass is 19.4. The Kier molecular flexibility index (Phi) is 8.02. The summed E-state index contributed by atoms with van der Waals surface area (Å²) in [5.74, 6) is 1.35. The topological polar surface area (TPSA) is 81.5 Å². The van der Waals surface area contributed by atoms with E-state index >= 15 is 0 Å². The van der Waals surface area contributed by atoms with Gasteiger partial charge in [-0.05, 0) is 67.8 Å². The molecule has 2 amide bonds. The second-order valence-corrected chi connectivity index (χ2v) is 9.85. The van der Waals surface area contributed by atoms with Crippen LogP contribution in [-0.2, 0) is 28.8 Å². The van der Waals surface area contributed by atoms with Crippen molar-refractivity contribution in [3.05, 3.63) is 82.8 Å². The van der Waals surface area contributed by atoms with Gasteiger partial charge in [-0.15, -0.1) is 0 Å². The first-order chi connectivity index (χ1) is 19.2. The molecule has 0 saturated carbocycles. The fourth-order valence-corrected chi connectivity index (χ4v) is 4.78. The second-order valence-electron chi connectivity index (χ2n) is 9.85. The molecule has 3 heterocycles. The first-order valence-corrected chi connectivity index (χ1v) is 13.0. The van der Waals surface area contributed by atoms with Gasteiger partial charge in [-0.25, -0.2) is 0 Å². The number of benzene rings is 2. The maximum absolute atomic E-state index is 13.8. The molecular formula is C29H29F3N2O6. The van der Waals surface area contributed by atoms with Crippen LogP contribution in [0.2, 0.25) is 0 Å². The maximum atomic E-state index is 13.8. The summed E-state index contributed by atoms with van der Waals surface area (Å²) in [5, 5.41) is 0. The second kappa shape index (κ2) is 11.6. The molecule has 2 aromatic carbocycles. The van der Waals surface area contributed by atoms with Crippen LogP contribution in [-0.4, -0.2) is 54.2 Å². The zero-order chi connectivity index (χ0) is 28.3. The predicted molar refractivity (Wildman–Crippen MR) is 137 cm³/mol. The van der Waals surface area contributed by atoms with Crippen molar-refractivity contribution < 1.29 is 41.4 Å². The van der Waals surface area contributed by atoms with E-state index in [2.05, 4.69) is 0 Å². The molecular weight excluding hydrogens is 529 g/mol. The zero-order valence-electron chi connectivity index (χ0n) is 21.9. The molecule has 40 heavy (non-hydrogen) atoms. The number of rotatable bonds is 9. The van der Waals surface area contributed by atoms with E-state index in [1.54, 1.807) is 31.2 Å². The minimum absolute atomic E-state index is 0.0819. The van der Waals surface area contributed by atoms with Crippen LogP contribution >= 0.6 is 0 Å². The molecule has 1 unspecified atom stereocenters. The molecule has 11 heteroatoms. The van der Waals surface area contributed by atoms with E-state index in [0.717, 1.165) is 24.1 Å². The summed E-state index contributed by atoms with van der Waals surface area (Å²) in [6.07, 6.45) is -3.42. The van der Waals surface area contributed by atoms with Gasteiger partial charge in [-0.3, -0.25) is 9.59 Å². The zero-order valence-corrected chi connectivity index (χ0v) is 21.9. The van der Waals surface area contributed by atoms with Gasteiger partial charge in [0, 0.05) is 25.3 Å². The summed E-state index contributed by atoms with van der Waals surface area (Å²) in [6, 6.07) is 13.2. The summed E-state index contributed by atoms with van der Waals surface area (Å²) in [4.78, 5) is 30.1. The molecule has 1 aromatic heterocycles. The highest BCUT2D eigenvalue weighted by Crippen LogP contribution is 2.33. The minimum Gasteiger partial charge on any atom is -0.464 e. The van der Waals surface area contributed by atoms with E-state index in [9.17, 15) is 22.8 Å². The third-order valence-electron chi connectivity index (χ3n) is 6.80. The average molecular weight is 559 g/mol. The Morgan fingerprint density at radius 2 is 1.80 bits per heavy atom. The van der Waals surface area contributed by atoms with E-state index in [-0.39, 0.29) is 44.6 Å². The highest BCUT2D eigenvalue weighted by molar-refractivity contribution is 5.96. The van der Waals surface area contributed by atoms with Crippen LogP contribution in [0, 0.1) is 6.92 Å². The smallest absolute Gasteiger partial charge is 0.416 e. The lowest BCUT2D eigenvalue weighted by atomic mass is 10.1. The predicted octanol–water partition coefficient (Wildman–Crippen LogP) is 5.19. The van der Waals surface area contributed by atoms with Crippen molar-refractivity contribution in [3.63, 3.8) is 0 Å². The Morgan fingerprint density at radius 1 is 0.975 bits per heavy atom. The van der Waals surface area contributed by atoms with Gasteiger partial charge in [-0.2, -0.15) is 13.2 Å². The van der Waals surface area contributed by atoms with Gasteiger partial charge < -0.3 is 28.4 Å². The Hall–Kier alpha value is -3.99. The SMILES string of the molecule is Cc1ccc(CN(Cc2ccc3c(c2)OCO3)C(=O)CN(CC2CCCO2)C(=O)c2cccc(C(F)(F)F)c2)o1. The molecule has 1 saturated heterocycles. The third-order valence-corrected chi connectivity index (χ3v) is 6.80. The fourth-order valence-electron chi connectivity index (χ4n) is 4.78. The molecule has 8 nitrogen and oxygen atoms in total. The number of hydrogen-bond donors (Lipinski definition) is 0. The Labute approximate surface area is 229 Å². The number of amides is 2. The molecule has 0 N–H and O–H groups in total. The van der Waals surface area contributed by atoms with Gasteiger partial charge in [0.25, 0.3) is 5.91 Å². The lowest BCUT2D eigenvalue weighted by Gasteiger charge is -2.29. The van der Waals surface area contributed by atoms with E-state index in [1.165, 1.54) is 21.9 Å². The normalized spacial score (nSPS) is 16.2. The van der Waals surface area contributed by atoms with Crippen LogP contribution in [0.5, 0.6) is 11.5 Å². The monoisotopic (exact) mass is 558 g/mol. The molecule has 0 radical (unpaired) electrons.